The zero-order valence-electron chi connectivity index (χ0n) is 15.5. The molecule has 1 aliphatic rings. The largest absolute Gasteiger partial charge is 0.344 e. The number of amides is 3. The highest BCUT2D eigenvalue weighted by atomic mass is 16.2. The molecule has 2 heterocycles. The van der Waals surface area contributed by atoms with Crippen molar-refractivity contribution in [3.63, 3.8) is 0 Å². The molecule has 0 unspecified atom stereocenters. The summed E-state index contributed by atoms with van der Waals surface area (Å²) < 4.78 is 0. The Morgan fingerprint density at radius 3 is 2.18 bits per heavy atom. The lowest BCUT2D eigenvalue weighted by Crippen LogP contribution is -2.46. The Hall–Kier alpha value is -3.54. The van der Waals surface area contributed by atoms with E-state index in [4.69, 9.17) is 0 Å². The first-order valence-corrected chi connectivity index (χ1v) is 9.07. The molecule has 28 heavy (non-hydrogen) atoms. The maximum absolute atomic E-state index is 12.9. The van der Waals surface area contributed by atoms with Crippen LogP contribution in [0.4, 0.5) is 0 Å². The molecule has 2 aromatic carbocycles. The molecule has 4 rings (SSSR count). The van der Waals surface area contributed by atoms with Gasteiger partial charge in [-0.15, -0.1) is 0 Å². The summed E-state index contributed by atoms with van der Waals surface area (Å²) in [6, 6.07) is 14.5. The topological polar surface area (TPSA) is 70.6 Å². The smallest absolute Gasteiger partial charge is 0.261 e. The summed E-state index contributed by atoms with van der Waals surface area (Å²) in [4.78, 5) is 45.0. The lowest BCUT2D eigenvalue weighted by Gasteiger charge is -2.28. The minimum absolute atomic E-state index is 0.269. The highest BCUT2D eigenvalue weighted by molar-refractivity contribution is 6.26. The van der Waals surface area contributed by atoms with Crippen molar-refractivity contribution in [2.45, 2.75) is 6.42 Å². The summed E-state index contributed by atoms with van der Waals surface area (Å²) in [5, 5.41) is 1.51. The number of aromatic nitrogens is 1. The fraction of sp³-hybridized carbons (Fsp3) is 0.182. The van der Waals surface area contributed by atoms with Crippen molar-refractivity contribution in [2.24, 2.45) is 0 Å². The van der Waals surface area contributed by atoms with Crippen LogP contribution >= 0.6 is 0 Å². The Kier molecular flexibility index (Phi) is 4.61. The van der Waals surface area contributed by atoms with E-state index >= 15 is 0 Å². The van der Waals surface area contributed by atoms with Gasteiger partial charge in [-0.1, -0.05) is 24.3 Å². The molecule has 0 radical (unpaired) electrons. The number of hydrogen-bond acceptors (Lipinski definition) is 4. The SMILES string of the molecule is CN(CCc1ccncc1)C(=O)CN1C(=O)c2cccc3cccc(c23)C1=O. The molecule has 1 aliphatic heterocycles. The number of imide groups is 1. The first-order valence-electron chi connectivity index (χ1n) is 9.07. The van der Waals surface area contributed by atoms with Gasteiger partial charge in [-0.05, 0) is 41.6 Å². The van der Waals surface area contributed by atoms with Gasteiger partial charge in [0.05, 0.1) is 0 Å². The molecule has 3 aromatic rings. The first kappa shape index (κ1) is 17.9. The van der Waals surface area contributed by atoms with Crippen LogP contribution in [0, 0.1) is 0 Å². The van der Waals surface area contributed by atoms with Crippen LogP contribution in [0.1, 0.15) is 26.3 Å². The molecule has 0 atom stereocenters. The highest BCUT2D eigenvalue weighted by Gasteiger charge is 2.34. The van der Waals surface area contributed by atoms with Crippen LogP contribution in [0.3, 0.4) is 0 Å². The number of rotatable bonds is 5. The number of hydrogen-bond donors (Lipinski definition) is 0. The number of carbonyl (C=O) groups is 3. The van der Waals surface area contributed by atoms with Gasteiger partial charge in [0.1, 0.15) is 6.54 Å². The zero-order valence-corrected chi connectivity index (χ0v) is 15.5. The first-order chi connectivity index (χ1) is 13.6. The summed E-state index contributed by atoms with van der Waals surface area (Å²) in [6.45, 7) is 0.223. The minimum Gasteiger partial charge on any atom is -0.344 e. The van der Waals surface area contributed by atoms with Crippen molar-refractivity contribution in [2.75, 3.05) is 20.1 Å². The standard InChI is InChI=1S/C22H19N3O3/c1-24(13-10-15-8-11-23-12-9-15)19(26)14-25-21(27)17-6-2-4-16-5-3-7-18(20(16)17)22(25)28/h2-9,11-12H,10,13-14H2,1H3. The third-order valence-electron chi connectivity index (χ3n) is 5.06. The Balaban J connectivity index is 1.51. The number of pyridine rings is 1. The second-order valence-corrected chi connectivity index (χ2v) is 6.83. The highest BCUT2D eigenvalue weighted by Crippen LogP contribution is 2.29. The molecule has 0 spiro atoms. The molecule has 0 saturated heterocycles. The van der Waals surface area contributed by atoms with Crippen LogP contribution in [0.15, 0.2) is 60.9 Å². The van der Waals surface area contributed by atoms with Crippen molar-refractivity contribution in [1.82, 2.24) is 14.8 Å². The monoisotopic (exact) mass is 373 g/mol. The van der Waals surface area contributed by atoms with Gasteiger partial charge in [-0.2, -0.15) is 0 Å². The molecular weight excluding hydrogens is 354 g/mol. The fourth-order valence-electron chi connectivity index (χ4n) is 3.45. The van der Waals surface area contributed by atoms with E-state index in [-0.39, 0.29) is 12.5 Å². The van der Waals surface area contributed by atoms with Crippen LogP contribution in [0.5, 0.6) is 0 Å². The van der Waals surface area contributed by atoms with Gasteiger partial charge < -0.3 is 4.90 Å². The summed E-state index contributed by atoms with van der Waals surface area (Å²) in [7, 11) is 1.68. The van der Waals surface area contributed by atoms with Crippen molar-refractivity contribution >= 4 is 28.5 Å². The van der Waals surface area contributed by atoms with E-state index in [1.165, 1.54) is 0 Å². The predicted molar refractivity (Wildman–Crippen MR) is 105 cm³/mol. The van der Waals surface area contributed by atoms with Crippen molar-refractivity contribution in [3.05, 3.63) is 77.6 Å². The Morgan fingerprint density at radius 1 is 0.964 bits per heavy atom. The molecule has 6 heteroatoms. The molecular formula is C22H19N3O3. The van der Waals surface area contributed by atoms with Gasteiger partial charge in [0, 0.05) is 42.5 Å². The Bertz CT molecular complexity index is 1030. The van der Waals surface area contributed by atoms with E-state index in [9.17, 15) is 14.4 Å². The molecule has 1 aromatic heterocycles. The van der Waals surface area contributed by atoms with E-state index in [2.05, 4.69) is 4.98 Å². The molecule has 0 fully saturated rings. The Morgan fingerprint density at radius 2 is 1.57 bits per heavy atom. The average molecular weight is 373 g/mol. The number of benzene rings is 2. The third kappa shape index (κ3) is 3.13. The summed E-state index contributed by atoms with van der Waals surface area (Å²) in [5.74, 6) is -1.13. The second kappa shape index (κ2) is 7.23. The lowest BCUT2D eigenvalue weighted by atomic mass is 9.94. The summed E-state index contributed by atoms with van der Waals surface area (Å²) in [5.41, 5.74) is 1.99. The Labute approximate surface area is 162 Å². The van der Waals surface area contributed by atoms with Crippen LogP contribution in [0.25, 0.3) is 10.8 Å². The van der Waals surface area contributed by atoms with E-state index in [0.29, 0.717) is 29.5 Å². The van der Waals surface area contributed by atoms with Crippen LogP contribution < -0.4 is 0 Å². The normalized spacial score (nSPS) is 13.1. The van der Waals surface area contributed by atoms with Gasteiger partial charge in [0.2, 0.25) is 5.91 Å². The number of nitrogens with zero attached hydrogens (tertiary/aromatic N) is 3. The van der Waals surface area contributed by atoms with Gasteiger partial charge in [-0.3, -0.25) is 24.3 Å². The maximum atomic E-state index is 12.9. The maximum Gasteiger partial charge on any atom is 0.261 e. The quantitative estimate of drug-likeness (QED) is 0.645. The van der Waals surface area contributed by atoms with E-state index < -0.39 is 11.8 Å². The van der Waals surface area contributed by atoms with Crippen LogP contribution in [-0.4, -0.2) is 52.6 Å². The van der Waals surface area contributed by atoms with Crippen LogP contribution in [0.2, 0.25) is 0 Å². The summed E-state index contributed by atoms with van der Waals surface area (Å²) >= 11 is 0. The molecule has 0 aliphatic carbocycles. The van der Waals surface area contributed by atoms with Gasteiger partial charge >= 0.3 is 0 Å². The van der Waals surface area contributed by atoms with Crippen molar-refractivity contribution in [1.29, 1.82) is 0 Å². The van der Waals surface area contributed by atoms with Gasteiger partial charge in [0.25, 0.3) is 11.8 Å². The molecule has 0 bridgehead atoms. The second-order valence-electron chi connectivity index (χ2n) is 6.83. The third-order valence-corrected chi connectivity index (χ3v) is 5.06. The van der Waals surface area contributed by atoms with Gasteiger partial charge in [0.15, 0.2) is 0 Å². The number of carbonyl (C=O) groups excluding carboxylic acids is 3. The van der Waals surface area contributed by atoms with E-state index in [1.54, 1.807) is 48.6 Å². The molecule has 0 N–H and O–H groups in total. The number of likely N-dealkylation sites (N-methyl/N-ethyl adjacent to an activating group) is 1. The molecule has 0 saturated carbocycles. The van der Waals surface area contributed by atoms with E-state index in [0.717, 1.165) is 15.8 Å². The fourth-order valence-corrected chi connectivity index (χ4v) is 3.45. The van der Waals surface area contributed by atoms with Gasteiger partial charge in [-0.25, -0.2) is 0 Å². The van der Waals surface area contributed by atoms with Crippen molar-refractivity contribution < 1.29 is 14.4 Å². The molecule has 3 amide bonds. The van der Waals surface area contributed by atoms with E-state index in [1.807, 2.05) is 24.3 Å². The molecule has 140 valence electrons. The minimum atomic E-state index is -0.426. The average Bonchev–Trinajstić information content (AvgIpc) is 2.73. The zero-order chi connectivity index (χ0) is 19.7. The summed E-state index contributed by atoms with van der Waals surface area (Å²) in [6.07, 6.45) is 4.09. The predicted octanol–water partition coefficient (Wildman–Crippen LogP) is 2.53. The van der Waals surface area contributed by atoms with Crippen molar-refractivity contribution in [3.8, 4) is 0 Å². The van der Waals surface area contributed by atoms with Crippen LogP contribution in [-0.2, 0) is 11.2 Å². The molecule has 6 nitrogen and oxygen atoms in total. The lowest BCUT2D eigenvalue weighted by molar-refractivity contribution is -0.130.